The molecule has 0 radical (unpaired) electrons. The summed E-state index contributed by atoms with van der Waals surface area (Å²) in [7, 11) is 1.45. The molecule has 2 aromatic heterocycles. The summed E-state index contributed by atoms with van der Waals surface area (Å²) in [5.74, 6) is 0.881. The number of aromatic nitrogens is 1. The first-order valence-electron chi connectivity index (χ1n) is 6.23. The standard InChI is InChI=1S/C16H11FN2O2/c1-20-16-8-12(17)4-5-15(16)21-14-3-2-6-19-10-11(9-18)7-13(14)19/h2-8,10H,1H3. The number of pyridine rings is 1. The summed E-state index contributed by atoms with van der Waals surface area (Å²) in [4.78, 5) is 0. The molecular formula is C16H11FN2O2. The highest BCUT2D eigenvalue weighted by atomic mass is 19.1. The van der Waals surface area contributed by atoms with Gasteiger partial charge in [-0.25, -0.2) is 4.39 Å². The molecule has 0 aliphatic carbocycles. The second kappa shape index (κ2) is 5.17. The highest BCUT2D eigenvalue weighted by Crippen LogP contribution is 2.34. The third-order valence-electron chi connectivity index (χ3n) is 3.07. The average molecular weight is 282 g/mol. The minimum absolute atomic E-state index is 0.309. The van der Waals surface area contributed by atoms with Gasteiger partial charge in [-0.2, -0.15) is 5.26 Å². The maximum Gasteiger partial charge on any atom is 0.169 e. The zero-order valence-electron chi connectivity index (χ0n) is 11.2. The van der Waals surface area contributed by atoms with E-state index < -0.39 is 5.82 Å². The molecule has 1 aromatic carbocycles. The molecule has 0 saturated carbocycles. The zero-order valence-corrected chi connectivity index (χ0v) is 11.2. The molecule has 3 rings (SSSR count). The molecular weight excluding hydrogens is 271 g/mol. The van der Waals surface area contributed by atoms with Crippen molar-refractivity contribution >= 4 is 5.52 Å². The van der Waals surface area contributed by atoms with Crippen LogP contribution < -0.4 is 9.47 Å². The highest BCUT2D eigenvalue weighted by Gasteiger charge is 2.10. The van der Waals surface area contributed by atoms with Crippen molar-refractivity contribution in [2.75, 3.05) is 7.11 Å². The molecule has 0 fully saturated rings. The van der Waals surface area contributed by atoms with Gasteiger partial charge in [0.25, 0.3) is 0 Å². The Labute approximate surface area is 120 Å². The Hall–Kier alpha value is -3.00. The normalized spacial score (nSPS) is 10.3. The fourth-order valence-electron chi connectivity index (χ4n) is 2.10. The molecule has 0 aliphatic rings. The number of methoxy groups -OCH3 is 1. The van der Waals surface area contributed by atoms with E-state index in [9.17, 15) is 4.39 Å². The first-order chi connectivity index (χ1) is 10.2. The Bertz CT molecular complexity index is 849. The van der Waals surface area contributed by atoms with Gasteiger partial charge in [-0.1, -0.05) is 0 Å². The lowest BCUT2D eigenvalue weighted by atomic mass is 10.3. The Morgan fingerprint density at radius 2 is 2.00 bits per heavy atom. The minimum Gasteiger partial charge on any atom is -0.493 e. The van der Waals surface area contributed by atoms with Crippen LogP contribution in [0.5, 0.6) is 17.2 Å². The number of fused-ring (bicyclic) bond motifs is 1. The summed E-state index contributed by atoms with van der Waals surface area (Å²) < 4.78 is 25.9. The molecule has 2 heterocycles. The number of ether oxygens (including phenoxy) is 2. The molecule has 3 aromatic rings. The van der Waals surface area contributed by atoms with Gasteiger partial charge < -0.3 is 13.9 Å². The van der Waals surface area contributed by atoms with Crippen LogP contribution in [0.4, 0.5) is 4.39 Å². The number of nitrogens with zero attached hydrogens (tertiary/aromatic N) is 2. The fraction of sp³-hybridized carbons (Fsp3) is 0.0625. The molecule has 5 heteroatoms. The van der Waals surface area contributed by atoms with Crippen LogP contribution in [0.3, 0.4) is 0 Å². The molecule has 0 unspecified atom stereocenters. The predicted octanol–water partition coefficient (Wildman–Crippen LogP) is 3.75. The molecule has 0 amide bonds. The summed E-state index contributed by atoms with van der Waals surface area (Å²) in [5.41, 5.74) is 1.29. The second-order valence-electron chi connectivity index (χ2n) is 4.40. The van der Waals surface area contributed by atoms with Crippen LogP contribution in [0.2, 0.25) is 0 Å². The fourth-order valence-corrected chi connectivity index (χ4v) is 2.10. The smallest absolute Gasteiger partial charge is 0.169 e. The van der Waals surface area contributed by atoms with Gasteiger partial charge in [0.15, 0.2) is 17.2 Å². The van der Waals surface area contributed by atoms with Crippen LogP contribution in [-0.2, 0) is 0 Å². The van der Waals surface area contributed by atoms with Gasteiger partial charge in [-0.05, 0) is 30.3 Å². The molecule has 0 saturated heterocycles. The summed E-state index contributed by atoms with van der Waals surface area (Å²) in [6.07, 6.45) is 3.54. The summed E-state index contributed by atoms with van der Waals surface area (Å²) in [5, 5.41) is 8.97. The minimum atomic E-state index is -0.396. The van der Waals surface area contributed by atoms with Crippen molar-refractivity contribution in [1.29, 1.82) is 5.26 Å². The Balaban J connectivity index is 2.06. The van der Waals surface area contributed by atoms with E-state index in [1.807, 2.05) is 6.20 Å². The number of benzene rings is 1. The number of hydrogen-bond acceptors (Lipinski definition) is 3. The first kappa shape index (κ1) is 13.0. The lowest BCUT2D eigenvalue weighted by Gasteiger charge is -2.11. The molecule has 0 aliphatic heterocycles. The molecule has 0 N–H and O–H groups in total. The van der Waals surface area contributed by atoms with Gasteiger partial charge in [0.1, 0.15) is 11.9 Å². The quantitative estimate of drug-likeness (QED) is 0.735. The van der Waals surface area contributed by atoms with Gasteiger partial charge in [0, 0.05) is 18.5 Å². The first-order valence-corrected chi connectivity index (χ1v) is 6.23. The van der Waals surface area contributed by atoms with Crippen molar-refractivity contribution in [2.45, 2.75) is 0 Å². The lowest BCUT2D eigenvalue weighted by Crippen LogP contribution is -1.93. The van der Waals surface area contributed by atoms with Crippen LogP contribution in [0.1, 0.15) is 5.56 Å². The van der Waals surface area contributed by atoms with E-state index in [2.05, 4.69) is 6.07 Å². The topological polar surface area (TPSA) is 46.7 Å². The molecule has 104 valence electrons. The van der Waals surface area contributed by atoms with Crippen LogP contribution >= 0.6 is 0 Å². The van der Waals surface area contributed by atoms with Crippen LogP contribution in [-0.4, -0.2) is 11.5 Å². The van der Waals surface area contributed by atoms with Gasteiger partial charge in [0.05, 0.1) is 18.2 Å². The largest absolute Gasteiger partial charge is 0.493 e. The molecule has 21 heavy (non-hydrogen) atoms. The zero-order chi connectivity index (χ0) is 14.8. The van der Waals surface area contributed by atoms with E-state index in [-0.39, 0.29) is 0 Å². The third kappa shape index (κ3) is 2.39. The van der Waals surface area contributed by atoms with Crippen molar-refractivity contribution in [2.24, 2.45) is 0 Å². The third-order valence-corrected chi connectivity index (χ3v) is 3.07. The number of hydrogen-bond donors (Lipinski definition) is 0. The Morgan fingerprint density at radius 3 is 2.76 bits per heavy atom. The number of rotatable bonds is 3. The van der Waals surface area contributed by atoms with Gasteiger partial charge in [-0.15, -0.1) is 0 Å². The molecule has 0 spiro atoms. The van der Waals surface area contributed by atoms with E-state index in [0.29, 0.717) is 22.8 Å². The molecule has 0 bridgehead atoms. The predicted molar refractivity (Wildman–Crippen MR) is 75.1 cm³/mol. The second-order valence-corrected chi connectivity index (χ2v) is 4.40. The summed E-state index contributed by atoms with van der Waals surface area (Å²) in [6, 6.07) is 11.5. The van der Waals surface area contributed by atoms with Gasteiger partial charge >= 0.3 is 0 Å². The average Bonchev–Trinajstić information content (AvgIpc) is 2.93. The molecule has 0 atom stereocenters. The van der Waals surface area contributed by atoms with Crippen molar-refractivity contribution in [1.82, 2.24) is 4.40 Å². The number of nitriles is 1. The van der Waals surface area contributed by atoms with E-state index >= 15 is 0 Å². The van der Waals surface area contributed by atoms with E-state index in [1.54, 1.807) is 28.8 Å². The van der Waals surface area contributed by atoms with E-state index in [1.165, 1.54) is 25.3 Å². The summed E-state index contributed by atoms with van der Waals surface area (Å²) in [6.45, 7) is 0. The van der Waals surface area contributed by atoms with Crippen molar-refractivity contribution < 1.29 is 13.9 Å². The van der Waals surface area contributed by atoms with Crippen molar-refractivity contribution in [3.63, 3.8) is 0 Å². The monoisotopic (exact) mass is 282 g/mol. The molecule has 4 nitrogen and oxygen atoms in total. The van der Waals surface area contributed by atoms with E-state index in [0.717, 1.165) is 5.52 Å². The SMILES string of the molecule is COc1cc(F)ccc1Oc1cccn2cc(C#N)cc12. The van der Waals surface area contributed by atoms with Crippen LogP contribution in [0.15, 0.2) is 48.8 Å². The van der Waals surface area contributed by atoms with Gasteiger partial charge in [0.2, 0.25) is 0 Å². The lowest BCUT2D eigenvalue weighted by molar-refractivity contribution is 0.376. The van der Waals surface area contributed by atoms with E-state index in [4.69, 9.17) is 14.7 Å². The Kier molecular flexibility index (Phi) is 3.20. The maximum absolute atomic E-state index is 13.2. The highest BCUT2D eigenvalue weighted by molar-refractivity contribution is 5.65. The van der Waals surface area contributed by atoms with Crippen molar-refractivity contribution in [3.8, 4) is 23.3 Å². The van der Waals surface area contributed by atoms with Crippen LogP contribution in [0, 0.1) is 17.1 Å². The van der Waals surface area contributed by atoms with Crippen LogP contribution in [0.25, 0.3) is 5.52 Å². The van der Waals surface area contributed by atoms with Gasteiger partial charge in [-0.3, -0.25) is 0 Å². The summed E-state index contributed by atoms with van der Waals surface area (Å²) >= 11 is 0. The maximum atomic E-state index is 13.2. The Morgan fingerprint density at radius 1 is 1.14 bits per heavy atom. The number of halogens is 1. The van der Waals surface area contributed by atoms with Crippen molar-refractivity contribution in [3.05, 3.63) is 60.2 Å².